The maximum absolute atomic E-state index is 12.0. The van der Waals surface area contributed by atoms with Gasteiger partial charge in [-0.25, -0.2) is 14.3 Å². The Morgan fingerprint density at radius 3 is 2.64 bits per heavy atom. The molecule has 2 heterocycles. The summed E-state index contributed by atoms with van der Waals surface area (Å²) >= 11 is 0. The molecule has 0 spiro atoms. The van der Waals surface area contributed by atoms with Crippen molar-refractivity contribution in [2.24, 2.45) is 7.05 Å². The summed E-state index contributed by atoms with van der Waals surface area (Å²) in [5, 5.41) is 13.5. The van der Waals surface area contributed by atoms with Crippen LogP contribution in [0.5, 0.6) is 0 Å². The highest BCUT2D eigenvalue weighted by Crippen LogP contribution is 2.35. The van der Waals surface area contributed by atoms with Crippen molar-refractivity contribution in [3.63, 3.8) is 0 Å². The maximum Gasteiger partial charge on any atom is 0.350 e. The highest BCUT2D eigenvalue weighted by Gasteiger charge is 2.19. The molecule has 0 saturated heterocycles. The first kappa shape index (κ1) is 19.2. The number of fused-ring (bicyclic) bond motifs is 1. The zero-order valence-electron chi connectivity index (χ0n) is 15.9. The van der Waals surface area contributed by atoms with Gasteiger partial charge in [-0.3, -0.25) is 4.40 Å². The molecule has 3 aromatic rings. The summed E-state index contributed by atoms with van der Waals surface area (Å²) in [6.07, 6.45) is 2.38. The molecule has 0 bridgehead atoms. The van der Waals surface area contributed by atoms with Gasteiger partial charge >= 0.3 is 11.7 Å². The zero-order valence-corrected chi connectivity index (χ0v) is 15.9. The molecule has 2 aromatic heterocycles. The molecule has 0 amide bonds. The minimum Gasteiger partial charge on any atom is -0.478 e. The van der Waals surface area contributed by atoms with E-state index in [-0.39, 0.29) is 17.8 Å². The first-order valence-electron chi connectivity index (χ1n) is 8.72. The second-order valence-electron chi connectivity index (χ2n) is 6.32. The molecular formula is C19H21N5O4. The van der Waals surface area contributed by atoms with Gasteiger partial charge in [0, 0.05) is 38.6 Å². The molecular weight excluding hydrogens is 362 g/mol. The predicted molar refractivity (Wildman–Crippen MR) is 106 cm³/mol. The number of anilines is 3. The monoisotopic (exact) mass is 383 g/mol. The first-order valence-corrected chi connectivity index (χ1v) is 8.72. The van der Waals surface area contributed by atoms with Gasteiger partial charge in [-0.05, 0) is 31.2 Å². The standard InChI is InChI=1S/C19H21N5O4/c1-4-21(2)16-11-13(18(26)27)5-6-15(16)23(9-10-25)14-7-8-24-17(12-14)20-22(3)19(24)28/h5-8,10-12H,4,9H2,1-3H3,(H,26,27). The van der Waals surface area contributed by atoms with Crippen molar-refractivity contribution in [3.05, 3.63) is 52.6 Å². The van der Waals surface area contributed by atoms with Crippen molar-refractivity contribution in [2.75, 3.05) is 29.9 Å². The molecule has 0 radical (unpaired) electrons. The van der Waals surface area contributed by atoms with Crippen LogP contribution < -0.4 is 15.5 Å². The van der Waals surface area contributed by atoms with Gasteiger partial charge in [-0.2, -0.15) is 5.10 Å². The Labute approximate surface area is 161 Å². The summed E-state index contributed by atoms with van der Waals surface area (Å²) in [5.41, 5.74) is 2.39. The van der Waals surface area contributed by atoms with Crippen LogP contribution in [0.4, 0.5) is 17.1 Å². The molecule has 0 saturated carbocycles. The molecule has 0 fully saturated rings. The average Bonchev–Trinajstić information content (AvgIpc) is 2.98. The van der Waals surface area contributed by atoms with E-state index in [1.165, 1.54) is 15.1 Å². The van der Waals surface area contributed by atoms with Crippen molar-refractivity contribution < 1.29 is 14.7 Å². The summed E-state index contributed by atoms with van der Waals surface area (Å²) in [6.45, 7) is 2.66. The fourth-order valence-electron chi connectivity index (χ4n) is 3.01. The summed E-state index contributed by atoms with van der Waals surface area (Å²) in [5.74, 6) is -1.02. The summed E-state index contributed by atoms with van der Waals surface area (Å²) in [7, 11) is 3.42. The maximum atomic E-state index is 12.0. The van der Waals surface area contributed by atoms with Crippen LogP contribution in [0.25, 0.3) is 5.65 Å². The number of aryl methyl sites for hydroxylation is 1. The van der Waals surface area contributed by atoms with E-state index in [0.29, 0.717) is 29.3 Å². The Bertz CT molecular complexity index is 1100. The molecule has 0 aliphatic rings. The van der Waals surface area contributed by atoms with Crippen molar-refractivity contribution in [1.82, 2.24) is 14.2 Å². The first-order chi connectivity index (χ1) is 13.4. The van der Waals surface area contributed by atoms with Crippen molar-refractivity contribution >= 4 is 35.0 Å². The van der Waals surface area contributed by atoms with E-state index in [2.05, 4.69) is 5.10 Å². The van der Waals surface area contributed by atoms with Gasteiger partial charge in [0.25, 0.3) is 0 Å². The van der Waals surface area contributed by atoms with Crippen LogP contribution in [0, 0.1) is 0 Å². The smallest absolute Gasteiger partial charge is 0.350 e. The number of hydrogen-bond acceptors (Lipinski definition) is 6. The number of carboxylic acids is 1. The van der Waals surface area contributed by atoms with E-state index in [4.69, 9.17) is 0 Å². The fourth-order valence-corrected chi connectivity index (χ4v) is 3.01. The Kier molecular flexibility index (Phi) is 5.16. The third-order valence-corrected chi connectivity index (χ3v) is 4.62. The molecule has 1 N–H and O–H groups in total. The summed E-state index contributed by atoms with van der Waals surface area (Å²) in [4.78, 5) is 38.5. The molecule has 9 nitrogen and oxygen atoms in total. The second kappa shape index (κ2) is 7.55. The molecule has 28 heavy (non-hydrogen) atoms. The van der Waals surface area contributed by atoms with Gasteiger partial charge in [0.15, 0.2) is 5.65 Å². The van der Waals surface area contributed by atoms with Gasteiger partial charge in [0.1, 0.15) is 6.29 Å². The van der Waals surface area contributed by atoms with E-state index in [1.54, 1.807) is 42.4 Å². The van der Waals surface area contributed by atoms with Crippen LogP contribution in [0.15, 0.2) is 41.3 Å². The number of aromatic carboxylic acids is 1. The number of hydrogen-bond donors (Lipinski definition) is 1. The predicted octanol–water partition coefficient (Wildman–Crippen LogP) is 1.52. The quantitative estimate of drug-likeness (QED) is 0.618. The lowest BCUT2D eigenvalue weighted by Crippen LogP contribution is -2.25. The number of nitrogens with zero attached hydrogens (tertiary/aromatic N) is 5. The van der Waals surface area contributed by atoms with Crippen molar-refractivity contribution in [1.29, 1.82) is 0 Å². The third-order valence-electron chi connectivity index (χ3n) is 4.62. The Morgan fingerprint density at radius 1 is 1.25 bits per heavy atom. The van der Waals surface area contributed by atoms with Crippen LogP contribution >= 0.6 is 0 Å². The van der Waals surface area contributed by atoms with E-state index < -0.39 is 5.97 Å². The van der Waals surface area contributed by atoms with Gasteiger partial charge in [-0.1, -0.05) is 0 Å². The molecule has 0 aliphatic carbocycles. The molecule has 146 valence electrons. The highest BCUT2D eigenvalue weighted by molar-refractivity contribution is 5.92. The lowest BCUT2D eigenvalue weighted by Gasteiger charge is -2.29. The zero-order chi connectivity index (χ0) is 20.4. The van der Waals surface area contributed by atoms with Gasteiger partial charge in [-0.15, -0.1) is 0 Å². The number of carbonyl (C=O) groups is 2. The number of carbonyl (C=O) groups excluding carboxylic acids is 1. The summed E-state index contributed by atoms with van der Waals surface area (Å²) in [6, 6.07) is 8.21. The van der Waals surface area contributed by atoms with E-state index in [9.17, 15) is 19.5 Å². The summed E-state index contributed by atoms with van der Waals surface area (Å²) < 4.78 is 2.65. The van der Waals surface area contributed by atoms with Crippen LogP contribution in [0.1, 0.15) is 17.3 Å². The van der Waals surface area contributed by atoms with Crippen molar-refractivity contribution in [3.8, 4) is 0 Å². The molecule has 0 atom stereocenters. The third kappa shape index (κ3) is 3.34. The minimum absolute atomic E-state index is 0.0597. The van der Waals surface area contributed by atoms with Crippen LogP contribution in [-0.2, 0) is 11.8 Å². The minimum atomic E-state index is -1.02. The second-order valence-corrected chi connectivity index (χ2v) is 6.32. The SMILES string of the molecule is CCN(C)c1cc(C(=O)O)ccc1N(CC=O)c1ccn2c(=O)n(C)nc2c1. The van der Waals surface area contributed by atoms with E-state index >= 15 is 0 Å². The number of benzene rings is 1. The average molecular weight is 383 g/mol. The Morgan fingerprint density at radius 2 is 2.00 bits per heavy atom. The molecule has 0 unspecified atom stereocenters. The largest absolute Gasteiger partial charge is 0.478 e. The highest BCUT2D eigenvalue weighted by atomic mass is 16.4. The number of rotatable bonds is 7. The lowest BCUT2D eigenvalue weighted by molar-refractivity contribution is -0.106. The molecule has 9 heteroatoms. The topological polar surface area (TPSA) is 100 Å². The number of pyridine rings is 1. The lowest BCUT2D eigenvalue weighted by atomic mass is 10.1. The number of carboxylic acid groups (broad SMARTS) is 1. The molecule has 1 aromatic carbocycles. The number of aromatic nitrogens is 3. The molecule has 0 aliphatic heterocycles. The van der Waals surface area contributed by atoms with Crippen molar-refractivity contribution in [2.45, 2.75) is 6.92 Å². The van der Waals surface area contributed by atoms with Crippen LogP contribution in [-0.4, -0.2) is 51.7 Å². The Hall–Kier alpha value is -3.62. The van der Waals surface area contributed by atoms with E-state index in [1.807, 2.05) is 18.9 Å². The molecule has 3 rings (SSSR count). The van der Waals surface area contributed by atoms with E-state index in [0.717, 1.165) is 6.29 Å². The van der Waals surface area contributed by atoms with Gasteiger partial charge in [0.2, 0.25) is 0 Å². The number of aldehydes is 1. The van der Waals surface area contributed by atoms with Crippen LogP contribution in [0.3, 0.4) is 0 Å². The van der Waals surface area contributed by atoms with Crippen LogP contribution in [0.2, 0.25) is 0 Å². The van der Waals surface area contributed by atoms with Gasteiger partial charge in [0.05, 0.1) is 23.5 Å². The Balaban J connectivity index is 2.18. The van der Waals surface area contributed by atoms with Gasteiger partial charge < -0.3 is 19.7 Å². The normalized spacial score (nSPS) is 10.8. The fraction of sp³-hybridized carbons (Fsp3) is 0.263.